The number of carbonyl (C=O) groups is 2. The van der Waals surface area contributed by atoms with Crippen molar-refractivity contribution in [2.24, 2.45) is 0 Å². The molecular weight excluding hydrogens is 447 g/mol. The second-order valence-electron chi connectivity index (χ2n) is 6.82. The topological polar surface area (TPSA) is 117 Å². The number of halogens is 5. The van der Waals surface area contributed by atoms with Gasteiger partial charge in [0.25, 0.3) is 0 Å². The molecule has 32 heavy (non-hydrogen) atoms. The van der Waals surface area contributed by atoms with Crippen LogP contribution >= 0.6 is 0 Å². The molecular formula is C19H25F5N2O6. The number of benzene rings is 1. The number of morpholine rings is 1. The molecule has 1 aromatic rings. The number of carbonyl (C=O) groups excluding carboxylic acids is 1. The number of hydrogen-bond donors (Lipinski definition) is 4. The van der Waals surface area contributed by atoms with Crippen LogP contribution in [0, 0.1) is 11.6 Å². The summed E-state index contributed by atoms with van der Waals surface area (Å²) in [6.45, 7) is 4.28. The average Bonchev–Trinajstić information content (AvgIpc) is 2.66. The molecule has 13 heteroatoms. The zero-order chi connectivity index (χ0) is 24.5. The molecule has 1 saturated heterocycles. The minimum atomic E-state index is -5.08. The standard InChI is InChI=1S/C17H24F2N2O4.C2HF3O2/c1-3-24-16-8-20-15(9-25-16)17(23)14(21-10(2)22)6-11-4-12(18)7-13(19)5-11;3-2(4,5)1(6)7/h4-5,7,14-17,20,23H,3,6,8-9H2,1-2H3,(H,21,22);(H,6,7)/t14-,15+,16?,17-;/m0./s1. The first kappa shape index (κ1) is 27.7. The van der Waals surface area contributed by atoms with E-state index in [1.807, 2.05) is 6.92 Å². The molecule has 1 fully saturated rings. The van der Waals surface area contributed by atoms with Gasteiger partial charge in [-0.2, -0.15) is 13.2 Å². The number of ether oxygens (including phenoxy) is 2. The Kier molecular flexibility index (Phi) is 10.9. The first-order valence-electron chi connectivity index (χ1n) is 9.50. The minimum absolute atomic E-state index is 0.0858. The maximum Gasteiger partial charge on any atom is 0.490 e. The van der Waals surface area contributed by atoms with E-state index in [1.54, 1.807) is 0 Å². The molecule has 1 aliphatic rings. The van der Waals surface area contributed by atoms with Crippen molar-refractivity contribution in [2.45, 2.75) is 50.9 Å². The summed E-state index contributed by atoms with van der Waals surface area (Å²) in [5, 5.41) is 23.5. The molecule has 4 N–H and O–H groups in total. The maximum absolute atomic E-state index is 13.4. The zero-order valence-corrected chi connectivity index (χ0v) is 17.3. The first-order valence-corrected chi connectivity index (χ1v) is 9.50. The predicted molar refractivity (Wildman–Crippen MR) is 101 cm³/mol. The van der Waals surface area contributed by atoms with Gasteiger partial charge in [-0.15, -0.1) is 0 Å². The quantitative estimate of drug-likeness (QED) is 0.443. The summed E-state index contributed by atoms with van der Waals surface area (Å²) in [5.41, 5.74) is 0.347. The number of aliphatic hydroxyl groups excluding tert-OH is 1. The van der Waals surface area contributed by atoms with E-state index in [0.717, 1.165) is 6.07 Å². The number of aliphatic hydroxyl groups is 1. The summed E-state index contributed by atoms with van der Waals surface area (Å²) in [7, 11) is 0. The van der Waals surface area contributed by atoms with Gasteiger partial charge in [0.15, 0.2) is 6.29 Å². The van der Waals surface area contributed by atoms with E-state index in [4.69, 9.17) is 19.4 Å². The average molecular weight is 472 g/mol. The van der Waals surface area contributed by atoms with Gasteiger partial charge in [-0.1, -0.05) is 0 Å². The fourth-order valence-corrected chi connectivity index (χ4v) is 2.87. The van der Waals surface area contributed by atoms with Crippen LogP contribution in [0.5, 0.6) is 0 Å². The van der Waals surface area contributed by atoms with Gasteiger partial charge in [0.2, 0.25) is 5.91 Å². The molecule has 0 spiro atoms. The van der Waals surface area contributed by atoms with E-state index in [0.29, 0.717) is 18.7 Å². The van der Waals surface area contributed by atoms with E-state index in [1.165, 1.54) is 19.1 Å². The SMILES string of the molecule is CCOC1CN[C@@H]([C@@H](O)[C@H](Cc2cc(F)cc(F)c2)NC(C)=O)CO1.O=C(O)C(F)(F)F. The summed E-state index contributed by atoms with van der Waals surface area (Å²) >= 11 is 0. The van der Waals surface area contributed by atoms with Gasteiger partial charge < -0.3 is 30.3 Å². The molecule has 182 valence electrons. The number of alkyl halides is 3. The largest absolute Gasteiger partial charge is 0.490 e. The molecule has 0 aliphatic carbocycles. The predicted octanol–water partition coefficient (Wildman–Crippen LogP) is 1.36. The highest BCUT2D eigenvalue weighted by atomic mass is 19.4. The van der Waals surface area contributed by atoms with Crippen LogP contribution in [0.25, 0.3) is 0 Å². The Labute approximate surface area is 180 Å². The van der Waals surface area contributed by atoms with Crippen molar-refractivity contribution in [2.75, 3.05) is 19.8 Å². The number of rotatable bonds is 7. The lowest BCUT2D eigenvalue weighted by Crippen LogP contribution is -2.59. The number of hydrogen-bond acceptors (Lipinski definition) is 6. The van der Waals surface area contributed by atoms with Gasteiger partial charge in [-0.3, -0.25) is 4.79 Å². The Morgan fingerprint density at radius 3 is 2.25 bits per heavy atom. The van der Waals surface area contributed by atoms with E-state index in [9.17, 15) is 31.9 Å². The van der Waals surface area contributed by atoms with Crippen molar-refractivity contribution in [1.29, 1.82) is 0 Å². The van der Waals surface area contributed by atoms with Crippen LogP contribution in [0.2, 0.25) is 0 Å². The molecule has 1 unspecified atom stereocenters. The van der Waals surface area contributed by atoms with Crippen LogP contribution < -0.4 is 10.6 Å². The number of nitrogens with one attached hydrogen (secondary N) is 2. The zero-order valence-electron chi connectivity index (χ0n) is 17.3. The number of amides is 1. The van der Waals surface area contributed by atoms with Crippen LogP contribution in [0.3, 0.4) is 0 Å². The van der Waals surface area contributed by atoms with Crippen LogP contribution in [0.1, 0.15) is 19.4 Å². The van der Waals surface area contributed by atoms with Gasteiger partial charge in [-0.05, 0) is 31.0 Å². The summed E-state index contributed by atoms with van der Waals surface area (Å²) in [5.74, 6) is -4.51. The Bertz CT molecular complexity index is 736. The first-order chi connectivity index (χ1) is 14.8. The Morgan fingerprint density at radius 1 is 1.28 bits per heavy atom. The van der Waals surface area contributed by atoms with Crippen LogP contribution in [-0.4, -0.2) is 72.5 Å². The Balaban J connectivity index is 0.000000633. The molecule has 4 atom stereocenters. The fourth-order valence-electron chi connectivity index (χ4n) is 2.87. The van der Waals surface area contributed by atoms with Crippen molar-refractivity contribution in [1.82, 2.24) is 10.6 Å². The second kappa shape index (κ2) is 12.6. The van der Waals surface area contributed by atoms with Gasteiger partial charge in [0.05, 0.1) is 24.8 Å². The summed E-state index contributed by atoms with van der Waals surface area (Å²) in [4.78, 5) is 20.4. The van der Waals surface area contributed by atoms with Crippen molar-refractivity contribution < 1.29 is 51.2 Å². The lowest BCUT2D eigenvalue weighted by Gasteiger charge is -2.36. The maximum atomic E-state index is 13.4. The summed E-state index contributed by atoms with van der Waals surface area (Å²) < 4.78 is 69.3. The van der Waals surface area contributed by atoms with E-state index in [-0.39, 0.29) is 25.2 Å². The molecule has 1 heterocycles. The van der Waals surface area contributed by atoms with Crippen molar-refractivity contribution in [3.05, 3.63) is 35.4 Å². The molecule has 8 nitrogen and oxygen atoms in total. The molecule has 2 rings (SSSR count). The monoisotopic (exact) mass is 472 g/mol. The molecule has 1 aliphatic heterocycles. The minimum Gasteiger partial charge on any atom is -0.475 e. The van der Waals surface area contributed by atoms with Crippen molar-refractivity contribution in [3.63, 3.8) is 0 Å². The second-order valence-corrected chi connectivity index (χ2v) is 6.82. The number of aliphatic carboxylic acids is 1. The normalized spacial score (nSPS) is 20.5. The van der Waals surface area contributed by atoms with E-state index in [2.05, 4.69) is 10.6 Å². The summed E-state index contributed by atoms with van der Waals surface area (Å²) in [6.07, 6.45) is -6.38. The third-order valence-corrected chi connectivity index (χ3v) is 4.19. The molecule has 1 amide bonds. The smallest absolute Gasteiger partial charge is 0.475 e. The fraction of sp³-hybridized carbons (Fsp3) is 0.579. The van der Waals surface area contributed by atoms with Crippen LogP contribution in [-0.2, 0) is 25.5 Å². The van der Waals surface area contributed by atoms with E-state index < -0.39 is 42.0 Å². The molecule has 0 saturated carbocycles. The van der Waals surface area contributed by atoms with Crippen LogP contribution in [0.4, 0.5) is 22.0 Å². The molecule has 1 aromatic carbocycles. The van der Waals surface area contributed by atoms with Gasteiger partial charge in [-0.25, -0.2) is 13.6 Å². The number of carboxylic acid groups (broad SMARTS) is 1. The molecule has 0 aromatic heterocycles. The van der Waals surface area contributed by atoms with Crippen LogP contribution in [0.15, 0.2) is 18.2 Å². The third kappa shape index (κ3) is 9.85. The number of carboxylic acids is 1. The van der Waals surface area contributed by atoms with Crippen molar-refractivity contribution >= 4 is 11.9 Å². The van der Waals surface area contributed by atoms with Gasteiger partial charge in [0.1, 0.15) is 11.6 Å². The Hall–Kier alpha value is -2.35. The highest BCUT2D eigenvalue weighted by Gasteiger charge is 2.38. The highest BCUT2D eigenvalue weighted by molar-refractivity contribution is 5.73. The lowest BCUT2D eigenvalue weighted by molar-refractivity contribution is -0.192. The van der Waals surface area contributed by atoms with Gasteiger partial charge in [0, 0.05) is 26.1 Å². The van der Waals surface area contributed by atoms with Gasteiger partial charge >= 0.3 is 12.1 Å². The lowest BCUT2D eigenvalue weighted by atomic mass is 9.95. The molecule has 0 bridgehead atoms. The Morgan fingerprint density at radius 2 is 1.84 bits per heavy atom. The summed E-state index contributed by atoms with van der Waals surface area (Å²) in [6, 6.07) is 1.98. The third-order valence-electron chi connectivity index (χ3n) is 4.19. The highest BCUT2D eigenvalue weighted by Crippen LogP contribution is 2.15. The van der Waals surface area contributed by atoms with Crippen molar-refractivity contribution in [3.8, 4) is 0 Å². The molecule has 0 radical (unpaired) electrons. The van der Waals surface area contributed by atoms with E-state index >= 15 is 0 Å².